The molecule has 0 fully saturated rings. The van der Waals surface area contributed by atoms with E-state index in [1.54, 1.807) is 11.3 Å². The zero-order valence-corrected chi connectivity index (χ0v) is 15.3. The number of fused-ring (bicyclic) bond motifs is 2. The van der Waals surface area contributed by atoms with Crippen LogP contribution in [0.25, 0.3) is 32.8 Å². The van der Waals surface area contributed by atoms with Crippen molar-refractivity contribution in [2.45, 2.75) is 20.4 Å². The van der Waals surface area contributed by atoms with Crippen molar-refractivity contribution in [3.8, 4) is 10.7 Å². The van der Waals surface area contributed by atoms with E-state index >= 15 is 0 Å². The lowest BCUT2D eigenvalue weighted by Gasteiger charge is -2.07. The van der Waals surface area contributed by atoms with Crippen molar-refractivity contribution in [1.29, 1.82) is 0 Å². The van der Waals surface area contributed by atoms with Gasteiger partial charge in [0.05, 0.1) is 12.2 Å². The minimum Gasteiger partial charge on any atom is -0.353 e. The summed E-state index contributed by atoms with van der Waals surface area (Å²) >= 11 is 1.64. The number of hydrogen-bond donors (Lipinski definition) is 1. The molecule has 0 radical (unpaired) electrons. The number of nitrogens with one attached hydrogen (secondary N) is 1. The van der Waals surface area contributed by atoms with Crippen molar-refractivity contribution >= 4 is 33.4 Å². The van der Waals surface area contributed by atoms with Crippen LogP contribution in [0, 0.1) is 13.8 Å². The predicted molar refractivity (Wildman–Crippen MR) is 106 cm³/mol. The van der Waals surface area contributed by atoms with Crippen molar-refractivity contribution in [2.24, 2.45) is 0 Å². The van der Waals surface area contributed by atoms with Gasteiger partial charge < -0.3 is 9.55 Å². The van der Waals surface area contributed by atoms with Gasteiger partial charge >= 0.3 is 0 Å². The molecule has 0 aliphatic carbocycles. The summed E-state index contributed by atoms with van der Waals surface area (Å²) in [5.74, 6) is 0.982. The number of aromatic nitrogens is 5. The van der Waals surface area contributed by atoms with Crippen LogP contribution in [-0.2, 0) is 6.54 Å². The first kappa shape index (κ1) is 15.3. The predicted octanol–water partition coefficient (Wildman–Crippen LogP) is 4.70. The number of nitrogens with zero attached hydrogens (tertiary/aromatic N) is 4. The van der Waals surface area contributed by atoms with E-state index < -0.39 is 0 Å². The highest BCUT2D eigenvalue weighted by Gasteiger charge is 2.11. The fourth-order valence-electron chi connectivity index (χ4n) is 3.33. The maximum absolute atomic E-state index is 4.68. The van der Waals surface area contributed by atoms with Crippen LogP contribution in [0.1, 0.15) is 17.1 Å². The van der Waals surface area contributed by atoms with Gasteiger partial charge in [-0.2, -0.15) is 0 Å². The second kappa shape index (κ2) is 5.78. The van der Waals surface area contributed by atoms with Gasteiger partial charge in [-0.15, -0.1) is 11.3 Å². The second-order valence-corrected chi connectivity index (χ2v) is 7.38. The fourth-order valence-corrected chi connectivity index (χ4v) is 3.94. The third-order valence-corrected chi connectivity index (χ3v) is 5.42. The molecule has 0 bridgehead atoms. The standard InChI is InChI=1S/C20H17N5S/c1-12-3-5-17-19(22-12)25(13(2)23-17)11-14-4-6-16-15(9-14)10-18(24-16)20-21-7-8-26-20/h3-10,24H,11H2,1-2H3. The lowest BCUT2D eigenvalue weighted by Crippen LogP contribution is -2.03. The number of hydrogen-bond acceptors (Lipinski definition) is 4. The monoisotopic (exact) mass is 359 g/mol. The van der Waals surface area contributed by atoms with Crippen LogP contribution in [0.2, 0.25) is 0 Å². The summed E-state index contributed by atoms with van der Waals surface area (Å²) in [4.78, 5) is 17.2. The first-order valence-corrected chi connectivity index (χ1v) is 9.37. The van der Waals surface area contributed by atoms with E-state index in [1.165, 1.54) is 10.9 Å². The number of benzene rings is 1. The highest BCUT2D eigenvalue weighted by atomic mass is 32.1. The molecule has 5 aromatic rings. The largest absolute Gasteiger partial charge is 0.353 e. The van der Waals surface area contributed by atoms with Gasteiger partial charge in [0.1, 0.15) is 16.3 Å². The number of H-pyrrole nitrogens is 1. The number of aryl methyl sites for hydroxylation is 2. The molecule has 0 atom stereocenters. The molecule has 1 aromatic carbocycles. The molecule has 0 unspecified atom stereocenters. The van der Waals surface area contributed by atoms with Gasteiger partial charge in [-0.3, -0.25) is 0 Å². The third-order valence-electron chi connectivity index (χ3n) is 4.61. The van der Waals surface area contributed by atoms with E-state index in [4.69, 9.17) is 0 Å². The van der Waals surface area contributed by atoms with E-state index in [0.29, 0.717) is 0 Å². The lowest BCUT2D eigenvalue weighted by molar-refractivity contribution is 0.777. The number of pyridine rings is 1. The first-order chi connectivity index (χ1) is 12.7. The highest BCUT2D eigenvalue weighted by molar-refractivity contribution is 7.13. The van der Waals surface area contributed by atoms with Crippen LogP contribution in [0.3, 0.4) is 0 Å². The van der Waals surface area contributed by atoms with Gasteiger partial charge in [0.15, 0.2) is 5.65 Å². The van der Waals surface area contributed by atoms with Crippen molar-refractivity contribution < 1.29 is 0 Å². The molecule has 5 rings (SSSR count). The van der Waals surface area contributed by atoms with E-state index in [1.807, 2.05) is 37.6 Å². The second-order valence-electron chi connectivity index (χ2n) is 6.48. The van der Waals surface area contributed by atoms with Crippen LogP contribution in [0.4, 0.5) is 0 Å². The smallest absolute Gasteiger partial charge is 0.160 e. The lowest BCUT2D eigenvalue weighted by atomic mass is 10.1. The summed E-state index contributed by atoms with van der Waals surface area (Å²) in [6.45, 7) is 4.80. The molecule has 0 aliphatic rings. The number of thiazole rings is 1. The number of aromatic amines is 1. The Morgan fingerprint density at radius 1 is 1.08 bits per heavy atom. The van der Waals surface area contributed by atoms with Crippen molar-refractivity contribution in [3.05, 3.63) is 65.1 Å². The highest BCUT2D eigenvalue weighted by Crippen LogP contribution is 2.27. The van der Waals surface area contributed by atoms with Crippen molar-refractivity contribution in [3.63, 3.8) is 0 Å². The number of rotatable bonds is 3. The molecule has 5 nitrogen and oxygen atoms in total. The molecule has 26 heavy (non-hydrogen) atoms. The topological polar surface area (TPSA) is 59.4 Å². The van der Waals surface area contributed by atoms with Crippen LogP contribution in [0.15, 0.2) is 48.0 Å². The molecule has 1 N–H and O–H groups in total. The SMILES string of the molecule is Cc1ccc2nc(C)n(Cc3ccc4[nH]c(-c5nccs5)cc4c3)c2n1. The Labute approximate surface area is 154 Å². The summed E-state index contributed by atoms with van der Waals surface area (Å²) in [5.41, 5.74) is 6.32. The average molecular weight is 359 g/mol. The Bertz CT molecular complexity index is 1230. The first-order valence-electron chi connectivity index (χ1n) is 8.49. The minimum atomic E-state index is 0.756. The number of imidazole rings is 1. The third kappa shape index (κ3) is 2.50. The molecule has 128 valence electrons. The van der Waals surface area contributed by atoms with Crippen LogP contribution in [-0.4, -0.2) is 24.5 Å². The Morgan fingerprint density at radius 2 is 2.00 bits per heavy atom. The normalized spacial score (nSPS) is 11.6. The molecule has 0 spiro atoms. The average Bonchev–Trinajstić information content (AvgIpc) is 3.34. The fraction of sp³-hybridized carbons (Fsp3) is 0.150. The van der Waals surface area contributed by atoms with Crippen LogP contribution >= 0.6 is 11.3 Å². The summed E-state index contributed by atoms with van der Waals surface area (Å²) in [6.07, 6.45) is 1.83. The maximum atomic E-state index is 4.68. The Kier molecular flexibility index (Phi) is 3.39. The van der Waals surface area contributed by atoms with Crippen LogP contribution in [0.5, 0.6) is 0 Å². The van der Waals surface area contributed by atoms with Gasteiger partial charge in [0, 0.05) is 28.2 Å². The van der Waals surface area contributed by atoms with Gasteiger partial charge in [-0.25, -0.2) is 15.0 Å². The van der Waals surface area contributed by atoms with Gasteiger partial charge in [0.25, 0.3) is 0 Å². The zero-order chi connectivity index (χ0) is 17.7. The Balaban J connectivity index is 1.56. The maximum Gasteiger partial charge on any atom is 0.160 e. The summed E-state index contributed by atoms with van der Waals surface area (Å²) < 4.78 is 2.18. The quantitative estimate of drug-likeness (QED) is 0.508. The van der Waals surface area contributed by atoms with E-state index in [2.05, 4.69) is 48.8 Å². The molecule has 0 saturated heterocycles. The Hall–Kier alpha value is -2.99. The minimum absolute atomic E-state index is 0.756. The van der Waals surface area contributed by atoms with Gasteiger partial charge in [0.2, 0.25) is 0 Å². The molecule has 6 heteroatoms. The summed E-state index contributed by atoms with van der Waals surface area (Å²) in [6, 6.07) is 12.7. The van der Waals surface area contributed by atoms with Crippen LogP contribution < -0.4 is 0 Å². The molecule has 0 saturated carbocycles. The van der Waals surface area contributed by atoms with Crippen molar-refractivity contribution in [2.75, 3.05) is 0 Å². The molecule has 4 aromatic heterocycles. The van der Waals surface area contributed by atoms with E-state index in [0.717, 1.165) is 45.4 Å². The molecule has 0 aliphatic heterocycles. The van der Waals surface area contributed by atoms with E-state index in [9.17, 15) is 0 Å². The summed E-state index contributed by atoms with van der Waals surface area (Å²) in [7, 11) is 0. The Morgan fingerprint density at radius 3 is 2.85 bits per heavy atom. The molecular weight excluding hydrogens is 342 g/mol. The summed E-state index contributed by atoms with van der Waals surface area (Å²) in [5, 5.41) is 4.20. The van der Waals surface area contributed by atoms with Gasteiger partial charge in [-0.05, 0) is 49.7 Å². The zero-order valence-electron chi connectivity index (χ0n) is 14.5. The molecular formula is C20H17N5S. The van der Waals surface area contributed by atoms with E-state index in [-0.39, 0.29) is 0 Å². The van der Waals surface area contributed by atoms with Crippen molar-refractivity contribution in [1.82, 2.24) is 24.5 Å². The molecule has 0 amide bonds. The molecule has 4 heterocycles. The van der Waals surface area contributed by atoms with Gasteiger partial charge in [-0.1, -0.05) is 6.07 Å².